The highest BCUT2D eigenvalue weighted by Gasteiger charge is 2.17. The lowest BCUT2D eigenvalue weighted by Gasteiger charge is -2.15. The van der Waals surface area contributed by atoms with E-state index in [1.54, 1.807) is 0 Å². The summed E-state index contributed by atoms with van der Waals surface area (Å²) in [6.45, 7) is 3.93. The quantitative estimate of drug-likeness (QED) is 0.863. The maximum Gasteiger partial charge on any atom is 0.326 e. The van der Waals surface area contributed by atoms with Gasteiger partial charge >= 0.3 is 5.97 Å². The zero-order chi connectivity index (χ0) is 13.8. The Labute approximate surface area is 111 Å². The van der Waals surface area contributed by atoms with Crippen LogP contribution < -0.4 is 5.32 Å². The normalized spacial score (nSPS) is 12.3. The summed E-state index contributed by atoms with van der Waals surface area (Å²) >= 11 is 0. The molecule has 2 aromatic rings. The SMILES string of the molecule is CCCC(Nc1ncnc2c(C)cccc12)C(=O)O. The van der Waals surface area contributed by atoms with E-state index in [1.165, 1.54) is 6.33 Å². The molecule has 2 rings (SSSR count). The van der Waals surface area contributed by atoms with Gasteiger partial charge in [0, 0.05) is 5.39 Å². The number of fused-ring (bicyclic) bond motifs is 1. The van der Waals surface area contributed by atoms with Gasteiger partial charge in [-0.25, -0.2) is 14.8 Å². The fraction of sp³-hybridized carbons (Fsp3) is 0.357. The van der Waals surface area contributed by atoms with Gasteiger partial charge in [-0.3, -0.25) is 0 Å². The first-order chi connectivity index (χ1) is 9.13. The molecule has 1 aromatic carbocycles. The molecule has 5 nitrogen and oxygen atoms in total. The second-order valence-corrected chi connectivity index (χ2v) is 4.52. The molecule has 0 radical (unpaired) electrons. The summed E-state index contributed by atoms with van der Waals surface area (Å²) in [5.41, 5.74) is 1.89. The monoisotopic (exact) mass is 259 g/mol. The second kappa shape index (κ2) is 5.65. The first-order valence-electron chi connectivity index (χ1n) is 6.33. The molecule has 0 amide bonds. The third-order valence-electron chi connectivity index (χ3n) is 3.05. The topological polar surface area (TPSA) is 75.1 Å². The van der Waals surface area contributed by atoms with Crippen molar-refractivity contribution in [2.24, 2.45) is 0 Å². The van der Waals surface area contributed by atoms with Crippen LogP contribution >= 0.6 is 0 Å². The molecule has 2 N–H and O–H groups in total. The molecule has 0 aliphatic heterocycles. The first kappa shape index (κ1) is 13.3. The highest BCUT2D eigenvalue weighted by molar-refractivity contribution is 5.92. The molecule has 5 heteroatoms. The predicted molar refractivity (Wildman–Crippen MR) is 74.2 cm³/mol. The van der Waals surface area contributed by atoms with Crippen LogP contribution in [-0.4, -0.2) is 27.1 Å². The summed E-state index contributed by atoms with van der Waals surface area (Å²) in [6, 6.07) is 5.17. The minimum atomic E-state index is -0.860. The van der Waals surface area contributed by atoms with Crippen molar-refractivity contribution in [3.8, 4) is 0 Å². The van der Waals surface area contributed by atoms with Gasteiger partial charge in [0.2, 0.25) is 0 Å². The minimum Gasteiger partial charge on any atom is -0.480 e. The van der Waals surface area contributed by atoms with Gasteiger partial charge in [0.25, 0.3) is 0 Å². The van der Waals surface area contributed by atoms with Gasteiger partial charge in [-0.05, 0) is 25.0 Å². The summed E-state index contributed by atoms with van der Waals surface area (Å²) < 4.78 is 0. The van der Waals surface area contributed by atoms with Crippen molar-refractivity contribution < 1.29 is 9.90 Å². The molecule has 0 fully saturated rings. The first-order valence-corrected chi connectivity index (χ1v) is 6.33. The van der Waals surface area contributed by atoms with Crippen molar-refractivity contribution in [3.05, 3.63) is 30.1 Å². The van der Waals surface area contributed by atoms with Gasteiger partial charge in [0.05, 0.1) is 5.52 Å². The number of anilines is 1. The summed E-state index contributed by atoms with van der Waals surface area (Å²) in [5.74, 6) is -0.282. The third kappa shape index (κ3) is 2.81. The van der Waals surface area contributed by atoms with Crippen LogP contribution in [0.1, 0.15) is 25.3 Å². The molecule has 100 valence electrons. The molecule has 1 atom stereocenters. The van der Waals surface area contributed by atoms with Gasteiger partial charge in [0.15, 0.2) is 0 Å². The van der Waals surface area contributed by atoms with E-state index in [1.807, 2.05) is 32.0 Å². The number of benzene rings is 1. The number of hydrogen-bond acceptors (Lipinski definition) is 4. The van der Waals surface area contributed by atoms with Crippen LogP contribution in [0.3, 0.4) is 0 Å². The van der Waals surface area contributed by atoms with E-state index in [4.69, 9.17) is 0 Å². The molecule has 1 aromatic heterocycles. The molecular formula is C14H17N3O2. The average molecular weight is 259 g/mol. The fourth-order valence-electron chi connectivity index (χ4n) is 2.06. The van der Waals surface area contributed by atoms with Crippen molar-refractivity contribution in [2.75, 3.05) is 5.32 Å². The number of aromatic nitrogens is 2. The number of nitrogens with zero attached hydrogens (tertiary/aromatic N) is 2. The molecule has 1 unspecified atom stereocenters. The van der Waals surface area contributed by atoms with Crippen molar-refractivity contribution in [2.45, 2.75) is 32.7 Å². The van der Waals surface area contributed by atoms with Crippen LogP contribution in [0.2, 0.25) is 0 Å². The van der Waals surface area contributed by atoms with Gasteiger partial charge in [-0.1, -0.05) is 25.5 Å². The van der Waals surface area contributed by atoms with Crippen LogP contribution in [0.4, 0.5) is 5.82 Å². The number of nitrogens with one attached hydrogen (secondary N) is 1. The van der Waals surface area contributed by atoms with Gasteiger partial charge in [-0.15, -0.1) is 0 Å². The Morgan fingerprint density at radius 1 is 1.42 bits per heavy atom. The molecule has 0 saturated heterocycles. The summed E-state index contributed by atoms with van der Waals surface area (Å²) in [7, 11) is 0. The zero-order valence-electron chi connectivity index (χ0n) is 11.1. The Morgan fingerprint density at radius 3 is 2.89 bits per heavy atom. The lowest BCUT2D eigenvalue weighted by molar-refractivity contribution is -0.138. The van der Waals surface area contributed by atoms with E-state index in [0.29, 0.717) is 12.2 Å². The molecule has 19 heavy (non-hydrogen) atoms. The van der Waals surface area contributed by atoms with E-state index in [9.17, 15) is 9.90 Å². The van der Waals surface area contributed by atoms with Crippen LogP contribution in [0, 0.1) is 6.92 Å². The number of carboxylic acid groups (broad SMARTS) is 1. The number of hydrogen-bond donors (Lipinski definition) is 2. The number of aliphatic carboxylic acids is 1. The molecule has 1 heterocycles. The van der Waals surface area contributed by atoms with Gasteiger partial charge < -0.3 is 10.4 Å². The number of aryl methyl sites for hydroxylation is 1. The maximum atomic E-state index is 11.2. The van der Waals surface area contributed by atoms with Crippen LogP contribution in [0.25, 0.3) is 10.9 Å². The molecule has 0 saturated carbocycles. The number of para-hydroxylation sites is 1. The molecule has 0 aliphatic carbocycles. The lowest BCUT2D eigenvalue weighted by Crippen LogP contribution is -2.29. The summed E-state index contributed by atoms with van der Waals surface area (Å²) in [6.07, 6.45) is 2.82. The Balaban J connectivity index is 2.40. The van der Waals surface area contributed by atoms with E-state index in [-0.39, 0.29) is 0 Å². The van der Waals surface area contributed by atoms with Crippen molar-refractivity contribution >= 4 is 22.7 Å². The zero-order valence-corrected chi connectivity index (χ0v) is 11.1. The van der Waals surface area contributed by atoms with Crippen LogP contribution in [0.15, 0.2) is 24.5 Å². The summed E-state index contributed by atoms with van der Waals surface area (Å²) in [5, 5.41) is 13.0. The Morgan fingerprint density at radius 2 is 2.21 bits per heavy atom. The molecule has 0 aliphatic rings. The van der Waals surface area contributed by atoms with Crippen LogP contribution in [-0.2, 0) is 4.79 Å². The smallest absolute Gasteiger partial charge is 0.326 e. The Bertz CT molecular complexity index is 598. The molecular weight excluding hydrogens is 242 g/mol. The van der Waals surface area contributed by atoms with Gasteiger partial charge in [0.1, 0.15) is 18.2 Å². The molecule has 0 bridgehead atoms. The highest BCUT2D eigenvalue weighted by Crippen LogP contribution is 2.22. The number of carboxylic acids is 1. The number of carbonyl (C=O) groups is 1. The molecule has 0 spiro atoms. The predicted octanol–water partition coefficient (Wildman–Crippen LogP) is 2.60. The van der Waals surface area contributed by atoms with Crippen molar-refractivity contribution in [3.63, 3.8) is 0 Å². The lowest BCUT2D eigenvalue weighted by atomic mass is 10.1. The second-order valence-electron chi connectivity index (χ2n) is 4.52. The van der Waals surface area contributed by atoms with E-state index >= 15 is 0 Å². The minimum absolute atomic E-state index is 0.562. The number of rotatable bonds is 5. The average Bonchev–Trinajstić information content (AvgIpc) is 2.39. The standard InChI is InChI=1S/C14H17N3O2/c1-3-5-11(14(18)19)17-13-10-7-4-6-9(2)12(10)15-8-16-13/h4,6-8,11H,3,5H2,1-2H3,(H,18,19)(H,15,16,17). The third-order valence-corrected chi connectivity index (χ3v) is 3.05. The highest BCUT2D eigenvalue weighted by atomic mass is 16.4. The maximum absolute atomic E-state index is 11.2. The van der Waals surface area contributed by atoms with Crippen LogP contribution in [0.5, 0.6) is 0 Å². The largest absolute Gasteiger partial charge is 0.480 e. The van der Waals surface area contributed by atoms with Crippen molar-refractivity contribution in [1.82, 2.24) is 9.97 Å². The summed E-state index contributed by atoms with van der Waals surface area (Å²) in [4.78, 5) is 19.6. The van der Waals surface area contributed by atoms with E-state index in [2.05, 4.69) is 15.3 Å². The fourth-order valence-corrected chi connectivity index (χ4v) is 2.06. The Hall–Kier alpha value is -2.17. The van der Waals surface area contributed by atoms with Gasteiger partial charge in [-0.2, -0.15) is 0 Å². The Kier molecular flexibility index (Phi) is 3.94. The van der Waals surface area contributed by atoms with E-state index in [0.717, 1.165) is 22.9 Å². The van der Waals surface area contributed by atoms with Crippen molar-refractivity contribution in [1.29, 1.82) is 0 Å². The van der Waals surface area contributed by atoms with E-state index < -0.39 is 12.0 Å².